The highest BCUT2D eigenvalue weighted by atomic mass is 16.2. The SMILES string of the molecule is CNC(=O)C1(C#N)CC1. The van der Waals surface area contributed by atoms with Crippen LogP contribution in [0.1, 0.15) is 12.8 Å². The molecule has 3 nitrogen and oxygen atoms in total. The van der Waals surface area contributed by atoms with Crippen LogP contribution < -0.4 is 5.32 Å². The van der Waals surface area contributed by atoms with Crippen molar-refractivity contribution < 1.29 is 4.79 Å². The summed E-state index contributed by atoms with van der Waals surface area (Å²) in [5, 5.41) is 10.9. The molecule has 0 bridgehead atoms. The summed E-state index contributed by atoms with van der Waals surface area (Å²) >= 11 is 0. The van der Waals surface area contributed by atoms with Gasteiger partial charge in [0.2, 0.25) is 5.91 Å². The summed E-state index contributed by atoms with van der Waals surface area (Å²) in [4.78, 5) is 10.8. The molecule has 0 unspecified atom stereocenters. The second-order valence-electron chi connectivity index (χ2n) is 2.27. The Kier molecular flexibility index (Phi) is 1.17. The van der Waals surface area contributed by atoms with Crippen LogP contribution in [0, 0.1) is 16.7 Å². The Morgan fingerprint density at radius 2 is 2.33 bits per heavy atom. The highest BCUT2D eigenvalue weighted by Gasteiger charge is 2.50. The molecule has 0 radical (unpaired) electrons. The average Bonchev–Trinajstić information content (AvgIpc) is 2.66. The van der Waals surface area contributed by atoms with Gasteiger partial charge in [0.05, 0.1) is 6.07 Å². The van der Waals surface area contributed by atoms with E-state index in [1.165, 1.54) is 0 Å². The van der Waals surface area contributed by atoms with Gasteiger partial charge in [0.25, 0.3) is 0 Å². The van der Waals surface area contributed by atoms with E-state index in [0.29, 0.717) is 0 Å². The van der Waals surface area contributed by atoms with Crippen molar-refractivity contribution in [2.45, 2.75) is 12.8 Å². The number of nitriles is 1. The first-order chi connectivity index (χ1) is 4.25. The first-order valence-corrected chi connectivity index (χ1v) is 2.88. The van der Waals surface area contributed by atoms with Crippen molar-refractivity contribution in [3.63, 3.8) is 0 Å². The summed E-state index contributed by atoms with van der Waals surface area (Å²) in [6.07, 6.45) is 1.45. The first kappa shape index (κ1) is 6.09. The molecule has 1 aliphatic rings. The van der Waals surface area contributed by atoms with E-state index >= 15 is 0 Å². The molecule has 48 valence electrons. The molecule has 1 fully saturated rings. The molecule has 0 aromatic carbocycles. The second-order valence-corrected chi connectivity index (χ2v) is 2.27. The summed E-state index contributed by atoms with van der Waals surface area (Å²) in [5.74, 6) is -0.134. The maximum Gasteiger partial charge on any atom is 0.240 e. The van der Waals surface area contributed by atoms with Crippen molar-refractivity contribution in [3.05, 3.63) is 0 Å². The van der Waals surface area contributed by atoms with Crippen LogP contribution in [0.15, 0.2) is 0 Å². The molecule has 0 spiro atoms. The molecule has 3 heteroatoms. The fraction of sp³-hybridized carbons (Fsp3) is 0.667. The molecule has 1 N–H and O–H groups in total. The monoisotopic (exact) mass is 124 g/mol. The molecule has 0 heterocycles. The van der Waals surface area contributed by atoms with E-state index in [9.17, 15) is 4.79 Å². The van der Waals surface area contributed by atoms with E-state index < -0.39 is 5.41 Å². The quantitative estimate of drug-likeness (QED) is 0.536. The van der Waals surface area contributed by atoms with Gasteiger partial charge in [-0.1, -0.05) is 0 Å². The molecule has 1 saturated carbocycles. The van der Waals surface area contributed by atoms with Crippen LogP contribution in [-0.4, -0.2) is 13.0 Å². The van der Waals surface area contributed by atoms with Gasteiger partial charge < -0.3 is 5.32 Å². The maximum absolute atomic E-state index is 10.8. The number of nitrogens with one attached hydrogen (secondary N) is 1. The minimum Gasteiger partial charge on any atom is -0.358 e. The van der Waals surface area contributed by atoms with Crippen LogP contribution in [-0.2, 0) is 4.79 Å². The minimum absolute atomic E-state index is 0.134. The van der Waals surface area contributed by atoms with Crippen LogP contribution in [0.2, 0.25) is 0 Å². The largest absolute Gasteiger partial charge is 0.358 e. The van der Waals surface area contributed by atoms with Crippen molar-refractivity contribution in [1.82, 2.24) is 5.32 Å². The van der Waals surface area contributed by atoms with Gasteiger partial charge in [-0.25, -0.2) is 0 Å². The van der Waals surface area contributed by atoms with Crippen molar-refractivity contribution in [3.8, 4) is 6.07 Å². The van der Waals surface area contributed by atoms with Crippen LogP contribution in [0.4, 0.5) is 0 Å². The molecule has 0 aromatic heterocycles. The highest BCUT2D eigenvalue weighted by Crippen LogP contribution is 2.44. The van der Waals surface area contributed by atoms with Crippen LogP contribution in [0.3, 0.4) is 0 Å². The Bertz CT molecular complexity index is 176. The van der Waals surface area contributed by atoms with Gasteiger partial charge in [0.15, 0.2) is 0 Å². The number of carbonyl (C=O) groups excluding carboxylic acids is 1. The van der Waals surface area contributed by atoms with Crippen molar-refractivity contribution in [2.24, 2.45) is 5.41 Å². The van der Waals surface area contributed by atoms with E-state index in [1.807, 2.05) is 6.07 Å². The Morgan fingerprint density at radius 3 is 2.44 bits per heavy atom. The molecule has 0 saturated heterocycles. The van der Waals surface area contributed by atoms with Gasteiger partial charge in [-0.05, 0) is 12.8 Å². The lowest BCUT2D eigenvalue weighted by molar-refractivity contribution is -0.123. The Morgan fingerprint density at radius 1 is 1.78 bits per heavy atom. The number of rotatable bonds is 1. The average molecular weight is 124 g/mol. The molecule has 0 atom stereocenters. The lowest BCUT2D eigenvalue weighted by Crippen LogP contribution is -2.27. The van der Waals surface area contributed by atoms with E-state index in [1.54, 1.807) is 7.05 Å². The number of hydrogen-bond donors (Lipinski definition) is 1. The number of hydrogen-bond acceptors (Lipinski definition) is 2. The zero-order valence-corrected chi connectivity index (χ0v) is 5.27. The molecule has 1 aliphatic carbocycles. The summed E-state index contributed by atoms with van der Waals surface area (Å²) in [6.45, 7) is 0. The van der Waals surface area contributed by atoms with Crippen LogP contribution in [0.5, 0.6) is 0 Å². The van der Waals surface area contributed by atoms with Gasteiger partial charge in [0, 0.05) is 7.05 Å². The lowest BCUT2D eigenvalue weighted by atomic mass is 10.1. The van der Waals surface area contributed by atoms with Crippen molar-refractivity contribution in [2.75, 3.05) is 7.05 Å². The Hall–Kier alpha value is -1.04. The fourth-order valence-electron chi connectivity index (χ4n) is 0.754. The summed E-state index contributed by atoms with van der Waals surface area (Å²) in [5.41, 5.74) is -0.644. The van der Waals surface area contributed by atoms with Crippen molar-refractivity contribution in [1.29, 1.82) is 5.26 Å². The van der Waals surface area contributed by atoms with Gasteiger partial charge in [0.1, 0.15) is 5.41 Å². The highest BCUT2D eigenvalue weighted by molar-refractivity contribution is 5.87. The summed E-state index contributed by atoms with van der Waals surface area (Å²) in [7, 11) is 1.56. The first-order valence-electron chi connectivity index (χ1n) is 2.88. The molecule has 1 amide bonds. The third-order valence-corrected chi connectivity index (χ3v) is 1.63. The van der Waals surface area contributed by atoms with Gasteiger partial charge in [-0.3, -0.25) is 4.79 Å². The molecular formula is C6H8N2O. The van der Waals surface area contributed by atoms with E-state index in [2.05, 4.69) is 5.32 Å². The van der Waals surface area contributed by atoms with Crippen LogP contribution in [0.25, 0.3) is 0 Å². The van der Waals surface area contributed by atoms with Crippen molar-refractivity contribution >= 4 is 5.91 Å². The molecule has 1 rings (SSSR count). The normalized spacial score (nSPS) is 20.0. The summed E-state index contributed by atoms with van der Waals surface area (Å²) in [6, 6.07) is 1.99. The van der Waals surface area contributed by atoms with Crippen LogP contribution >= 0.6 is 0 Å². The molecule has 0 aromatic rings. The summed E-state index contributed by atoms with van der Waals surface area (Å²) < 4.78 is 0. The Labute approximate surface area is 53.7 Å². The van der Waals surface area contributed by atoms with E-state index in [0.717, 1.165) is 12.8 Å². The predicted molar refractivity (Wildman–Crippen MR) is 31.3 cm³/mol. The van der Waals surface area contributed by atoms with E-state index in [4.69, 9.17) is 5.26 Å². The van der Waals surface area contributed by atoms with Gasteiger partial charge >= 0.3 is 0 Å². The molecular weight excluding hydrogens is 116 g/mol. The Balaban J connectivity index is 2.63. The predicted octanol–water partition coefficient (Wildman–Crippen LogP) is 0.0362. The topological polar surface area (TPSA) is 52.9 Å². The number of amides is 1. The van der Waals surface area contributed by atoms with Gasteiger partial charge in [-0.15, -0.1) is 0 Å². The second kappa shape index (κ2) is 1.73. The zero-order valence-electron chi connectivity index (χ0n) is 5.27. The number of carbonyl (C=O) groups is 1. The van der Waals surface area contributed by atoms with Gasteiger partial charge in [-0.2, -0.15) is 5.26 Å². The van der Waals surface area contributed by atoms with E-state index in [-0.39, 0.29) is 5.91 Å². The standard InChI is InChI=1S/C6H8N2O/c1-8-5(9)6(4-7)2-3-6/h2-3H2,1H3,(H,8,9). The molecule has 0 aliphatic heterocycles. The molecule has 9 heavy (non-hydrogen) atoms. The third-order valence-electron chi connectivity index (χ3n) is 1.63. The minimum atomic E-state index is -0.644. The third kappa shape index (κ3) is 0.765. The smallest absolute Gasteiger partial charge is 0.240 e. The maximum atomic E-state index is 10.8. The number of nitrogens with zero attached hydrogens (tertiary/aromatic N) is 1. The lowest BCUT2D eigenvalue weighted by Gasteiger charge is -2.00. The fourth-order valence-corrected chi connectivity index (χ4v) is 0.754. The zero-order chi connectivity index (χ0) is 6.91.